The molecular formula is C25H26F2N6O2. The molecule has 1 amide bonds. The number of likely N-dealkylation sites (tertiary alicyclic amines) is 1. The van der Waals surface area contributed by atoms with Crippen molar-refractivity contribution in [3.8, 4) is 6.07 Å². The lowest BCUT2D eigenvalue weighted by Crippen LogP contribution is -2.39. The topological polar surface area (TPSA) is 97.8 Å². The fourth-order valence-electron chi connectivity index (χ4n) is 5.11. The third kappa shape index (κ3) is 4.00. The summed E-state index contributed by atoms with van der Waals surface area (Å²) in [5, 5.41) is 24.1. The first-order valence-corrected chi connectivity index (χ1v) is 11.7. The number of nitriles is 1. The number of amides is 1. The van der Waals surface area contributed by atoms with Gasteiger partial charge in [0.1, 0.15) is 5.82 Å². The normalized spacial score (nSPS) is 22.6. The average molecular weight is 481 g/mol. The van der Waals surface area contributed by atoms with E-state index in [1.165, 1.54) is 13.0 Å². The summed E-state index contributed by atoms with van der Waals surface area (Å²) in [7, 11) is 0. The Balaban J connectivity index is 1.47. The third-order valence-corrected chi connectivity index (χ3v) is 7.05. The Morgan fingerprint density at radius 3 is 2.77 bits per heavy atom. The summed E-state index contributed by atoms with van der Waals surface area (Å²) in [6, 6.07) is 5.98. The van der Waals surface area contributed by atoms with Crippen molar-refractivity contribution in [2.75, 3.05) is 24.5 Å². The number of aliphatic hydroxyl groups excluding tert-OH is 1. The number of fused-ring (bicyclic) bond motifs is 1. The van der Waals surface area contributed by atoms with Crippen LogP contribution < -0.4 is 4.90 Å². The SMILES string of the molecule is Cc1cn2nc([C@@H]3CCCCN3C(=O)c3ccc(F)c(F)c3C)cc2nc1N1C[C@@H](C#N)[C@@H](O)C1. The van der Waals surface area contributed by atoms with Gasteiger partial charge < -0.3 is 14.9 Å². The summed E-state index contributed by atoms with van der Waals surface area (Å²) < 4.78 is 29.4. The van der Waals surface area contributed by atoms with Crippen molar-refractivity contribution in [2.24, 2.45) is 5.92 Å². The number of hydrogen-bond acceptors (Lipinski definition) is 6. The van der Waals surface area contributed by atoms with Crippen LogP contribution in [-0.2, 0) is 0 Å². The lowest BCUT2D eigenvalue weighted by molar-refractivity contribution is 0.0604. The van der Waals surface area contributed by atoms with E-state index in [1.807, 2.05) is 24.1 Å². The lowest BCUT2D eigenvalue weighted by atomic mass is 9.97. The highest BCUT2D eigenvalue weighted by Crippen LogP contribution is 2.33. The molecule has 0 spiro atoms. The molecule has 3 atom stereocenters. The maximum Gasteiger partial charge on any atom is 0.254 e. The minimum absolute atomic E-state index is 0.000248. The van der Waals surface area contributed by atoms with Gasteiger partial charge in [-0.05, 0) is 45.2 Å². The second-order valence-corrected chi connectivity index (χ2v) is 9.37. The minimum Gasteiger partial charge on any atom is -0.390 e. The van der Waals surface area contributed by atoms with Crippen molar-refractivity contribution >= 4 is 17.4 Å². The van der Waals surface area contributed by atoms with E-state index >= 15 is 0 Å². The molecule has 2 saturated heterocycles. The standard InChI is InChI=1S/C25H26F2N6O2/c1-14-11-33-22(29-24(14)31-12-16(10-28)21(34)13-31)9-19(30-33)20-5-3-4-8-32(20)25(35)17-6-7-18(26)23(27)15(17)2/h6-7,9,11,16,20-21,34H,3-5,8,12-13H2,1-2H3/t16-,20+,21+/m1/s1. The molecule has 0 unspecified atom stereocenters. The summed E-state index contributed by atoms with van der Waals surface area (Å²) in [6.07, 6.45) is 3.56. The van der Waals surface area contributed by atoms with Gasteiger partial charge >= 0.3 is 0 Å². The summed E-state index contributed by atoms with van der Waals surface area (Å²) in [5.41, 5.74) is 2.28. The molecule has 2 aliphatic rings. The van der Waals surface area contributed by atoms with Crippen LogP contribution in [0.5, 0.6) is 0 Å². The fraction of sp³-hybridized carbons (Fsp3) is 0.440. The number of nitrogens with zero attached hydrogens (tertiary/aromatic N) is 6. The van der Waals surface area contributed by atoms with Crippen LogP contribution in [0.15, 0.2) is 24.4 Å². The van der Waals surface area contributed by atoms with Gasteiger partial charge in [-0.25, -0.2) is 18.3 Å². The van der Waals surface area contributed by atoms with Crippen LogP contribution >= 0.6 is 0 Å². The number of hydrogen-bond donors (Lipinski definition) is 1. The van der Waals surface area contributed by atoms with Crippen molar-refractivity contribution in [2.45, 2.75) is 45.3 Å². The zero-order valence-corrected chi connectivity index (χ0v) is 19.6. The Labute approximate surface area is 201 Å². The second-order valence-electron chi connectivity index (χ2n) is 9.37. The Bertz CT molecular complexity index is 1350. The number of anilines is 1. The molecule has 4 heterocycles. The number of carbonyl (C=O) groups is 1. The predicted molar refractivity (Wildman–Crippen MR) is 124 cm³/mol. The van der Waals surface area contributed by atoms with Gasteiger partial charge in [0, 0.05) is 48.6 Å². The largest absolute Gasteiger partial charge is 0.390 e. The Morgan fingerprint density at radius 2 is 2.03 bits per heavy atom. The van der Waals surface area contributed by atoms with Gasteiger partial charge in [-0.1, -0.05) is 0 Å². The van der Waals surface area contributed by atoms with E-state index in [1.54, 1.807) is 9.42 Å². The van der Waals surface area contributed by atoms with Crippen LogP contribution in [0.1, 0.15) is 52.5 Å². The first kappa shape index (κ1) is 23.2. The van der Waals surface area contributed by atoms with Crippen molar-refractivity contribution in [3.05, 3.63) is 58.4 Å². The van der Waals surface area contributed by atoms with E-state index in [0.29, 0.717) is 43.2 Å². The van der Waals surface area contributed by atoms with Crippen LogP contribution in [-0.4, -0.2) is 56.2 Å². The molecule has 0 bridgehead atoms. The highest BCUT2D eigenvalue weighted by atomic mass is 19.2. The first-order chi connectivity index (χ1) is 16.8. The van der Waals surface area contributed by atoms with E-state index < -0.39 is 23.7 Å². The Hall–Kier alpha value is -3.58. The van der Waals surface area contributed by atoms with Gasteiger partial charge in [-0.2, -0.15) is 10.4 Å². The predicted octanol–water partition coefficient (Wildman–Crippen LogP) is 3.31. The number of carbonyl (C=O) groups excluding carboxylic acids is 1. The van der Waals surface area contributed by atoms with E-state index in [0.717, 1.165) is 24.5 Å². The molecule has 3 aromatic rings. The maximum atomic E-state index is 14.1. The molecule has 2 aliphatic heterocycles. The number of halogens is 2. The van der Waals surface area contributed by atoms with Gasteiger partial charge in [-0.15, -0.1) is 0 Å². The number of rotatable bonds is 3. The molecule has 8 nitrogen and oxygen atoms in total. The molecule has 2 aromatic heterocycles. The van der Waals surface area contributed by atoms with Gasteiger partial charge in [0.2, 0.25) is 0 Å². The van der Waals surface area contributed by atoms with Crippen LogP contribution in [0.25, 0.3) is 5.65 Å². The van der Waals surface area contributed by atoms with Gasteiger partial charge in [0.25, 0.3) is 5.91 Å². The highest BCUT2D eigenvalue weighted by Gasteiger charge is 2.34. The fourth-order valence-corrected chi connectivity index (χ4v) is 5.11. The maximum absolute atomic E-state index is 14.1. The highest BCUT2D eigenvalue weighted by molar-refractivity contribution is 5.96. The zero-order valence-electron chi connectivity index (χ0n) is 19.6. The third-order valence-electron chi connectivity index (χ3n) is 7.05. The molecule has 35 heavy (non-hydrogen) atoms. The van der Waals surface area contributed by atoms with E-state index in [9.17, 15) is 23.9 Å². The van der Waals surface area contributed by atoms with Crippen molar-refractivity contribution in [3.63, 3.8) is 0 Å². The molecule has 5 rings (SSSR count). The molecule has 0 aliphatic carbocycles. The van der Waals surface area contributed by atoms with Crippen LogP contribution in [0.2, 0.25) is 0 Å². The van der Waals surface area contributed by atoms with E-state index in [2.05, 4.69) is 6.07 Å². The Kier molecular flexibility index (Phi) is 5.89. The van der Waals surface area contributed by atoms with E-state index in [-0.39, 0.29) is 23.1 Å². The average Bonchev–Trinajstić information content (AvgIpc) is 3.44. The molecule has 1 N–H and O–H groups in total. The van der Waals surface area contributed by atoms with Crippen molar-refractivity contribution in [1.29, 1.82) is 5.26 Å². The van der Waals surface area contributed by atoms with Gasteiger partial charge in [0.15, 0.2) is 17.3 Å². The molecule has 0 radical (unpaired) electrons. The molecule has 10 heteroatoms. The van der Waals surface area contributed by atoms with Gasteiger partial charge in [-0.3, -0.25) is 4.79 Å². The molecular weight excluding hydrogens is 454 g/mol. The summed E-state index contributed by atoms with van der Waals surface area (Å²) in [5.74, 6) is -2.10. The number of β-amino-alcohol motifs (C(OH)–C–C–N with tert-alkyl or cyclic N) is 1. The second kappa shape index (κ2) is 8.89. The number of aromatic nitrogens is 3. The minimum atomic E-state index is -1.00. The smallest absolute Gasteiger partial charge is 0.254 e. The Morgan fingerprint density at radius 1 is 1.23 bits per heavy atom. The van der Waals surface area contributed by atoms with Crippen molar-refractivity contribution in [1.82, 2.24) is 19.5 Å². The molecule has 1 aromatic carbocycles. The summed E-state index contributed by atoms with van der Waals surface area (Å²) in [6.45, 7) is 4.55. The lowest BCUT2D eigenvalue weighted by Gasteiger charge is -2.35. The number of aliphatic hydroxyl groups is 1. The molecule has 2 fully saturated rings. The van der Waals surface area contributed by atoms with Gasteiger partial charge in [0.05, 0.1) is 29.8 Å². The first-order valence-electron chi connectivity index (χ1n) is 11.7. The van der Waals surface area contributed by atoms with E-state index in [4.69, 9.17) is 10.1 Å². The molecule has 0 saturated carbocycles. The summed E-state index contributed by atoms with van der Waals surface area (Å²) in [4.78, 5) is 21.7. The van der Waals surface area contributed by atoms with Crippen LogP contribution in [0, 0.1) is 42.7 Å². The van der Waals surface area contributed by atoms with Crippen molar-refractivity contribution < 1.29 is 18.7 Å². The summed E-state index contributed by atoms with van der Waals surface area (Å²) >= 11 is 0. The number of piperidine rings is 1. The molecule has 182 valence electrons. The quantitative estimate of drug-likeness (QED) is 0.618. The van der Waals surface area contributed by atoms with Crippen LogP contribution in [0.3, 0.4) is 0 Å². The monoisotopic (exact) mass is 480 g/mol. The number of aryl methyl sites for hydroxylation is 1. The number of benzene rings is 1. The van der Waals surface area contributed by atoms with Crippen LogP contribution in [0.4, 0.5) is 14.6 Å². The zero-order chi connectivity index (χ0) is 24.9.